The number of methoxy groups -OCH3 is 1. The van der Waals surface area contributed by atoms with Crippen LogP contribution in [0.1, 0.15) is 54.3 Å². The molecule has 0 aliphatic heterocycles. The second-order valence-corrected chi connectivity index (χ2v) is 7.59. The molecule has 1 N–H and O–H groups in total. The van der Waals surface area contributed by atoms with Crippen LogP contribution < -0.4 is 5.32 Å². The van der Waals surface area contributed by atoms with Crippen LogP contribution in [-0.2, 0) is 22.0 Å². The van der Waals surface area contributed by atoms with E-state index in [4.69, 9.17) is 4.74 Å². The predicted molar refractivity (Wildman–Crippen MR) is 93.1 cm³/mol. The van der Waals surface area contributed by atoms with Crippen molar-refractivity contribution < 1.29 is 14.3 Å². The summed E-state index contributed by atoms with van der Waals surface area (Å²) in [6.07, 6.45) is 0.0900. The van der Waals surface area contributed by atoms with E-state index in [0.717, 1.165) is 10.6 Å². The van der Waals surface area contributed by atoms with Crippen molar-refractivity contribution in [1.29, 1.82) is 0 Å². The monoisotopic (exact) mass is 349 g/mol. The van der Waals surface area contributed by atoms with Gasteiger partial charge in [-0.15, -0.1) is 11.3 Å². The minimum Gasteiger partial charge on any atom is -0.469 e. The fourth-order valence-corrected chi connectivity index (χ4v) is 3.02. The molecule has 130 valence electrons. The molecular weight excluding hydrogens is 326 g/mol. The molecule has 2 heterocycles. The van der Waals surface area contributed by atoms with Gasteiger partial charge in [0.15, 0.2) is 0 Å². The van der Waals surface area contributed by atoms with E-state index < -0.39 is 6.04 Å². The molecule has 0 radical (unpaired) electrons. The Kier molecular flexibility index (Phi) is 5.43. The molecule has 0 saturated carbocycles. The topological polar surface area (TPSA) is 73.2 Å². The molecule has 0 saturated heterocycles. The Labute approximate surface area is 145 Å². The van der Waals surface area contributed by atoms with Crippen molar-refractivity contribution in [2.24, 2.45) is 7.05 Å². The second-order valence-electron chi connectivity index (χ2n) is 6.61. The van der Waals surface area contributed by atoms with Gasteiger partial charge in [0.2, 0.25) is 0 Å². The highest BCUT2D eigenvalue weighted by atomic mass is 32.1. The van der Waals surface area contributed by atoms with Crippen LogP contribution in [-0.4, -0.2) is 28.8 Å². The Bertz CT molecular complexity index is 714. The molecule has 2 rings (SSSR count). The lowest BCUT2D eigenvalue weighted by atomic mass is 9.92. The van der Waals surface area contributed by atoms with Crippen LogP contribution in [0.2, 0.25) is 0 Å². The van der Waals surface area contributed by atoms with E-state index in [9.17, 15) is 9.59 Å². The molecule has 1 amide bonds. The van der Waals surface area contributed by atoms with Gasteiger partial charge in [0.25, 0.3) is 5.91 Å². The maximum atomic E-state index is 12.7. The summed E-state index contributed by atoms with van der Waals surface area (Å²) in [4.78, 5) is 25.2. The minimum atomic E-state index is -0.419. The van der Waals surface area contributed by atoms with Gasteiger partial charge in [-0.1, -0.05) is 26.8 Å². The number of aromatic nitrogens is 2. The van der Waals surface area contributed by atoms with Gasteiger partial charge in [-0.25, -0.2) is 0 Å². The number of carbonyl (C=O) groups excluding carboxylic acids is 2. The highest BCUT2D eigenvalue weighted by molar-refractivity contribution is 7.10. The number of thiophene rings is 1. The molecule has 1 unspecified atom stereocenters. The summed E-state index contributed by atoms with van der Waals surface area (Å²) in [7, 11) is 3.08. The highest BCUT2D eigenvalue weighted by Crippen LogP contribution is 2.24. The number of rotatable bonds is 5. The lowest BCUT2D eigenvalue weighted by molar-refractivity contribution is -0.141. The molecule has 0 spiro atoms. The lowest BCUT2D eigenvalue weighted by Crippen LogP contribution is -2.31. The maximum Gasteiger partial charge on any atom is 0.307 e. The van der Waals surface area contributed by atoms with E-state index >= 15 is 0 Å². The lowest BCUT2D eigenvalue weighted by Gasteiger charge is -2.16. The molecule has 0 aromatic carbocycles. The van der Waals surface area contributed by atoms with E-state index in [1.54, 1.807) is 17.8 Å². The normalized spacial score (nSPS) is 12.7. The third-order valence-corrected chi connectivity index (χ3v) is 4.66. The average molecular weight is 349 g/mol. The number of aryl methyl sites for hydroxylation is 1. The highest BCUT2D eigenvalue weighted by Gasteiger charge is 2.25. The number of carbonyl (C=O) groups is 2. The van der Waals surface area contributed by atoms with Crippen LogP contribution in [0.4, 0.5) is 0 Å². The Balaban J connectivity index is 2.22. The zero-order valence-electron chi connectivity index (χ0n) is 14.6. The van der Waals surface area contributed by atoms with Crippen LogP contribution in [0, 0.1) is 0 Å². The van der Waals surface area contributed by atoms with Crippen molar-refractivity contribution in [2.45, 2.75) is 38.6 Å². The van der Waals surface area contributed by atoms with Crippen molar-refractivity contribution in [1.82, 2.24) is 15.1 Å². The van der Waals surface area contributed by atoms with E-state index in [1.807, 2.05) is 38.3 Å². The molecule has 1 atom stereocenters. The summed E-state index contributed by atoms with van der Waals surface area (Å²) in [5.41, 5.74) is 1.16. The van der Waals surface area contributed by atoms with E-state index in [2.05, 4.69) is 10.4 Å². The fraction of sp³-hybridized carbons (Fsp3) is 0.471. The molecule has 2 aromatic rings. The van der Waals surface area contributed by atoms with Gasteiger partial charge in [0.1, 0.15) is 5.69 Å². The molecule has 0 aliphatic carbocycles. The van der Waals surface area contributed by atoms with Crippen LogP contribution in [0.15, 0.2) is 23.6 Å². The van der Waals surface area contributed by atoms with E-state index in [0.29, 0.717) is 5.69 Å². The van der Waals surface area contributed by atoms with Gasteiger partial charge in [0, 0.05) is 17.3 Å². The molecule has 0 fully saturated rings. The van der Waals surface area contributed by atoms with Crippen LogP contribution in [0.25, 0.3) is 0 Å². The quantitative estimate of drug-likeness (QED) is 0.843. The Morgan fingerprint density at radius 3 is 2.62 bits per heavy atom. The van der Waals surface area contributed by atoms with Crippen molar-refractivity contribution >= 4 is 23.2 Å². The van der Waals surface area contributed by atoms with Gasteiger partial charge in [-0.3, -0.25) is 14.3 Å². The van der Waals surface area contributed by atoms with Gasteiger partial charge in [0.05, 0.1) is 25.3 Å². The van der Waals surface area contributed by atoms with Crippen LogP contribution in [0.3, 0.4) is 0 Å². The Hall–Kier alpha value is -2.15. The summed E-state index contributed by atoms with van der Waals surface area (Å²) >= 11 is 1.49. The van der Waals surface area contributed by atoms with Crippen molar-refractivity contribution in [3.8, 4) is 0 Å². The summed E-state index contributed by atoms with van der Waals surface area (Å²) < 4.78 is 6.30. The van der Waals surface area contributed by atoms with Crippen LogP contribution in [0.5, 0.6) is 0 Å². The zero-order valence-corrected chi connectivity index (χ0v) is 15.4. The molecule has 6 nitrogen and oxygen atoms in total. The van der Waals surface area contributed by atoms with Gasteiger partial charge in [-0.05, 0) is 17.5 Å². The zero-order chi connectivity index (χ0) is 17.9. The number of hydrogen-bond donors (Lipinski definition) is 1. The first-order chi connectivity index (χ1) is 11.2. The fourth-order valence-electron chi connectivity index (χ4n) is 2.24. The smallest absolute Gasteiger partial charge is 0.307 e. The molecule has 2 aromatic heterocycles. The Morgan fingerprint density at radius 2 is 2.12 bits per heavy atom. The largest absolute Gasteiger partial charge is 0.469 e. The maximum absolute atomic E-state index is 12.7. The number of amides is 1. The first-order valence-electron chi connectivity index (χ1n) is 7.68. The van der Waals surface area contributed by atoms with Gasteiger partial charge >= 0.3 is 5.97 Å². The third kappa shape index (κ3) is 4.23. The summed E-state index contributed by atoms with van der Waals surface area (Å²) in [6.45, 7) is 6.13. The molecule has 0 aliphatic rings. The number of hydrogen-bond acceptors (Lipinski definition) is 5. The number of nitrogens with one attached hydrogen (secondary N) is 1. The molecule has 7 heteroatoms. The van der Waals surface area contributed by atoms with Crippen molar-refractivity contribution in [2.75, 3.05) is 7.11 Å². The Morgan fingerprint density at radius 1 is 1.42 bits per heavy atom. The van der Waals surface area contributed by atoms with Crippen molar-refractivity contribution in [3.63, 3.8) is 0 Å². The molecular formula is C17H23N3O3S. The third-order valence-electron chi connectivity index (χ3n) is 3.67. The standard InChI is InChI=1S/C17H23N3O3S/c1-17(2,3)14-10-12(20(4)19-14)16(22)18-11(9-15(21)23-5)13-7-6-8-24-13/h6-8,10-11H,9H2,1-5H3,(H,18,22). The van der Waals surface area contributed by atoms with Crippen molar-refractivity contribution in [3.05, 3.63) is 39.8 Å². The molecule has 0 bridgehead atoms. The van der Waals surface area contributed by atoms with Gasteiger partial charge < -0.3 is 10.1 Å². The minimum absolute atomic E-state index is 0.0900. The second kappa shape index (κ2) is 7.17. The summed E-state index contributed by atoms with van der Waals surface area (Å²) in [6, 6.07) is 5.15. The molecule has 24 heavy (non-hydrogen) atoms. The summed E-state index contributed by atoms with van der Waals surface area (Å²) in [5.74, 6) is -0.628. The number of ether oxygens (including phenoxy) is 1. The predicted octanol–water partition coefficient (Wildman–Crippen LogP) is 2.81. The first kappa shape index (κ1) is 18.2. The average Bonchev–Trinajstić information content (AvgIpc) is 3.14. The van der Waals surface area contributed by atoms with Crippen LogP contribution >= 0.6 is 11.3 Å². The van der Waals surface area contributed by atoms with Gasteiger partial charge in [-0.2, -0.15) is 5.10 Å². The van der Waals surface area contributed by atoms with E-state index in [-0.39, 0.29) is 23.7 Å². The first-order valence-corrected chi connectivity index (χ1v) is 8.56. The number of esters is 1. The van der Waals surface area contributed by atoms with E-state index in [1.165, 1.54) is 18.4 Å². The summed E-state index contributed by atoms with van der Waals surface area (Å²) in [5, 5.41) is 9.24. The number of nitrogens with zero attached hydrogens (tertiary/aromatic N) is 2. The SMILES string of the molecule is COC(=O)CC(NC(=O)c1cc(C(C)(C)C)nn1C)c1cccs1.